The summed E-state index contributed by atoms with van der Waals surface area (Å²) in [5.74, 6) is -1.03. The Kier molecular flexibility index (Phi) is 8.70. The van der Waals surface area contributed by atoms with Crippen LogP contribution in [-0.4, -0.2) is 42.2 Å². The molecule has 88 valence electrons. The van der Waals surface area contributed by atoms with E-state index in [9.17, 15) is 9.59 Å². The molecule has 0 saturated carbocycles. The first kappa shape index (κ1) is 13.9. The smallest absolute Gasteiger partial charge is 0.308 e. The van der Waals surface area contributed by atoms with Crippen LogP contribution in [0.5, 0.6) is 0 Å². The lowest BCUT2D eigenvalue weighted by Gasteiger charge is -2.05. The lowest BCUT2D eigenvalue weighted by molar-refractivity contribution is -0.167. The standard InChI is InChI=1S/C9H16O6/c10-5-1-3-8(12)14-7-15-9(13)4-2-6-11/h10-11H,1-7H2. The molecule has 0 heterocycles. The number of hydrogen-bond donors (Lipinski definition) is 2. The van der Waals surface area contributed by atoms with E-state index in [4.69, 9.17) is 10.2 Å². The minimum atomic E-state index is -0.515. The monoisotopic (exact) mass is 220 g/mol. The lowest BCUT2D eigenvalue weighted by atomic mass is 10.3. The summed E-state index contributed by atoms with van der Waals surface area (Å²) in [6.45, 7) is -0.564. The number of esters is 2. The van der Waals surface area contributed by atoms with Gasteiger partial charge in [0.2, 0.25) is 6.79 Å². The Morgan fingerprint density at radius 2 is 1.27 bits per heavy atom. The summed E-state index contributed by atoms with van der Waals surface area (Å²) < 4.78 is 9.08. The molecule has 0 radical (unpaired) electrons. The minimum Gasteiger partial charge on any atom is -0.428 e. The fourth-order valence-corrected chi connectivity index (χ4v) is 0.752. The third-order valence-corrected chi connectivity index (χ3v) is 1.52. The molecule has 0 rings (SSSR count). The molecule has 0 aliphatic heterocycles. The summed E-state index contributed by atoms with van der Waals surface area (Å²) >= 11 is 0. The number of hydrogen-bond acceptors (Lipinski definition) is 6. The van der Waals surface area contributed by atoms with Gasteiger partial charge in [0.15, 0.2) is 0 Å². The molecule has 15 heavy (non-hydrogen) atoms. The van der Waals surface area contributed by atoms with Crippen LogP contribution in [0.1, 0.15) is 25.7 Å². The van der Waals surface area contributed by atoms with E-state index in [-0.39, 0.29) is 26.1 Å². The quantitative estimate of drug-likeness (QED) is 0.426. The van der Waals surface area contributed by atoms with Gasteiger partial charge in [-0.3, -0.25) is 9.59 Å². The van der Waals surface area contributed by atoms with Crippen molar-refractivity contribution in [2.24, 2.45) is 0 Å². The first-order chi connectivity index (χ1) is 7.20. The highest BCUT2D eigenvalue weighted by Gasteiger charge is 2.05. The second-order valence-electron chi connectivity index (χ2n) is 2.80. The molecule has 0 aromatic rings. The summed E-state index contributed by atoms with van der Waals surface area (Å²) in [5.41, 5.74) is 0. The zero-order valence-corrected chi connectivity index (χ0v) is 8.48. The normalized spacial score (nSPS) is 9.73. The summed E-state index contributed by atoms with van der Waals surface area (Å²) in [6, 6.07) is 0. The Balaban J connectivity index is 3.36. The van der Waals surface area contributed by atoms with Crippen molar-refractivity contribution in [1.29, 1.82) is 0 Å². The van der Waals surface area contributed by atoms with Crippen LogP contribution in [-0.2, 0) is 19.1 Å². The van der Waals surface area contributed by atoms with Gasteiger partial charge in [0.25, 0.3) is 0 Å². The number of ether oxygens (including phenoxy) is 2. The molecule has 0 saturated heterocycles. The van der Waals surface area contributed by atoms with Crippen molar-refractivity contribution in [3.63, 3.8) is 0 Å². The zero-order chi connectivity index (χ0) is 11.5. The molecular formula is C9H16O6. The predicted octanol–water partition coefficient (Wildman–Crippen LogP) is -0.425. The van der Waals surface area contributed by atoms with Crippen LogP contribution in [0.3, 0.4) is 0 Å². The Morgan fingerprint density at radius 3 is 1.60 bits per heavy atom. The maximum absolute atomic E-state index is 10.8. The van der Waals surface area contributed by atoms with Crippen molar-refractivity contribution in [3.05, 3.63) is 0 Å². The predicted molar refractivity (Wildman–Crippen MR) is 49.7 cm³/mol. The number of carbonyl (C=O) groups is 2. The van der Waals surface area contributed by atoms with Crippen molar-refractivity contribution in [2.45, 2.75) is 25.7 Å². The Morgan fingerprint density at radius 1 is 0.867 bits per heavy atom. The highest BCUT2D eigenvalue weighted by molar-refractivity contribution is 5.70. The molecule has 0 aliphatic carbocycles. The molecular weight excluding hydrogens is 204 g/mol. The van der Waals surface area contributed by atoms with Crippen LogP contribution in [0, 0.1) is 0 Å². The third kappa shape index (κ3) is 9.17. The Hall–Kier alpha value is -1.14. The van der Waals surface area contributed by atoms with Crippen LogP contribution in [0.4, 0.5) is 0 Å². The fraction of sp³-hybridized carbons (Fsp3) is 0.778. The minimum absolute atomic E-state index is 0.0780. The fourth-order valence-electron chi connectivity index (χ4n) is 0.752. The first-order valence-corrected chi connectivity index (χ1v) is 4.73. The molecule has 0 aliphatic rings. The molecule has 0 amide bonds. The van der Waals surface area contributed by atoms with Crippen molar-refractivity contribution in [2.75, 3.05) is 20.0 Å². The largest absolute Gasteiger partial charge is 0.428 e. The summed E-state index contributed by atoms with van der Waals surface area (Å²) in [5, 5.41) is 16.8. The van der Waals surface area contributed by atoms with Gasteiger partial charge in [0, 0.05) is 26.1 Å². The van der Waals surface area contributed by atoms with E-state index in [2.05, 4.69) is 9.47 Å². The van der Waals surface area contributed by atoms with Gasteiger partial charge in [-0.2, -0.15) is 0 Å². The van der Waals surface area contributed by atoms with Crippen LogP contribution < -0.4 is 0 Å². The van der Waals surface area contributed by atoms with E-state index < -0.39 is 18.7 Å². The van der Waals surface area contributed by atoms with Gasteiger partial charge in [-0.05, 0) is 12.8 Å². The highest BCUT2D eigenvalue weighted by Crippen LogP contribution is 1.95. The van der Waals surface area contributed by atoms with Gasteiger partial charge in [0.1, 0.15) is 0 Å². The molecule has 6 heteroatoms. The maximum Gasteiger partial charge on any atom is 0.308 e. The average molecular weight is 220 g/mol. The van der Waals surface area contributed by atoms with Crippen LogP contribution in [0.15, 0.2) is 0 Å². The first-order valence-electron chi connectivity index (χ1n) is 4.73. The van der Waals surface area contributed by atoms with Crippen molar-refractivity contribution < 1.29 is 29.3 Å². The molecule has 0 aromatic heterocycles. The Labute approximate surface area is 87.8 Å². The molecule has 0 fully saturated rings. The lowest BCUT2D eigenvalue weighted by Crippen LogP contribution is -2.13. The van der Waals surface area contributed by atoms with Crippen molar-refractivity contribution >= 4 is 11.9 Å². The van der Waals surface area contributed by atoms with E-state index in [0.29, 0.717) is 12.8 Å². The van der Waals surface area contributed by atoms with Crippen molar-refractivity contribution in [3.8, 4) is 0 Å². The summed E-state index contributed by atoms with van der Waals surface area (Å²) in [7, 11) is 0. The molecule has 6 nitrogen and oxygen atoms in total. The molecule has 0 unspecified atom stereocenters. The molecule has 0 bridgehead atoms. The maximum atomic E-state index is 10.8. The van der Waals surface area contributed by atoms with E-state index in [1.54, 1.807) is 0 Å². The topological polar surface area (TPSA) is 93.1 Å². The van der Waals surface area contributed by atoms with Gasteiger partial charge >= 0.3 is 11.9 Å². The SMILES string of the molecule is O=C(CCCO)OCOC(=O)CCCO. The molecule has 0 aromatic carbocycles. The van der Waals surface area contributed by atoms with E-state index in [1.165, 1.54) is 0 Å². The van der Waals surface area contributed by atoms with Crippen LogP contribution >= 0.6 is 0 Å². The number of carbonyl (C=O) groups excluding carboxylic acids is 2. The molecule has 0 spiro atoms. The van der Waals surface area contributed by atoms with Gasteiger partial charge in [-0.25, -0.2) is 0 Å². The van der Waals surface area contributed by atoms with E-state index in [0.717, 1.165) is 0 Å². The molecule has 0 atom stereocenters. The van der Waals surface area contributed by atoms with E-state index >= 15 is 0 Å². The van der Waals surface area contributed by atoms with Crippen molar-refractivity contribution in [1.82, 2.24) is 0 Å². The average Bonchev–Trinajstić information content (AvgIpc) is 2.23. The second-order valence-corrected chi connectivity index (χ2v) is 2.80. The Bertz CT molecular complexity index is 171. The second kappa shape index (κ2) is 9.42. The summed E-state index contributed by atoms with van der Waals surface area (Å²) in [4.78, 5) is 21.7. The van der Waals surface area contributed by atoms with Gasteiger partial charge in [0.05, 0.1) is 0 Å². The van der Waals surface area contributed by atoms with Crippen LogP contribution in [0.25, 0.3) is 0 Å². The zero-order valence-electron chi connectivity index (χ0n) is 8.48. The third-order valence-electron chi connectivity index (χ3n) is 1.52. The molecule has 2 N–H and O–H groups in total. The van der Waals surface area contributed by atoms with Crippen LogP contribution in [0.2, 0.25) is 0 Å². The van der Waals surface area contributed by atoms with E-state index in [1.807, 2.05) is 0 Å². The number of aliphatic hydroxyl groups is 2. The van der Waals surface area contributed by atoms with Gasteiger partial charge in [-0.1, -0.05) is 0 Å². The van der Waals surface area contributed by atoms with Gasteiger partial charge < -0.3 is 19.7 Å². The highest BCUT2D eigenvalue weighted by atomic mass is 16.7. The number of aliphatic hydroxyl groups excluding tert-OH is 2. The number of rotatable bonds is 8. The summed E-state index contributed by atoms with van der Waals surface area (Å²) in [6.07, 6.45) is 0.865. The van der Waals surface area contributed by atoms with Gasteiger partial charge in [-0.15, -0.1) is 0 Å².